The van der Waals surface area contributed by atoms with Crippen LogP contribution in [0.3, 0.4) is 0 Å². The number of carbonyl (C=O) groups is 1. The van der Waals surface area contributed by atoms with Crippen molar-refractivity contribution < 1.29 is 14.3 Å². The molecule has 104 valence electrons. The Labute approximate surface area is 110 Å². The van der Waals surface area contributed by atoms with Gasteiger partial charge in [0.1, 0.15) is 0 Å². The van der Waals surface area contributed by atoms with Crippen LogP contribution in [0, 0.1) is 0 Å². The highest BCUT2D eigenvalue weighted by Crippen LogP contribution is 2.13. The molecule has 1 heterocycles. The molecule has 1 unspecified atom stereocenters. The van der Waals surface area contributed by atoms with Crippen molar-refractivity contribution >= 4 is 5.97 Å². The van der Waals surface area contributed by atoms with Gasteiger partial charge in [-0.05, 0) is 26.7 Å². The van der Waals surface area contributed by atoms with Crippen molar-refractivity contribution in [1.82, 2.24) is 4.90 Å². The highest BCUT2D eigenvalue weighted by atomic mass is 16.5. The molecule has 0 aromatic rings. The topological polar surface area (TPSA) is 38.8 Å². The third kappa shape index (κ3) is 6.17. The molecular formula is C14H25NO3. The zero-order valence-electron chi connectivity index (χ0n) is 11.8. The molecule has 0 N–H and O–H groups in total. The second-order valence-electron chi connectivity index (χ2n) is 5.00. The number of hydrogen-bond acceptors (Lipinski definition) is 4. The molecule has 0 radical (unpaired) electrons. The molecule has 4 heteroatoms. The second kappa shape index (κ2) is 8.27. The summed E-state index contributed by atoms with van der Waals surface area (Å²) < 4.78 is 10.3. The third-order valence-corrected chi connectivity index (χ3v) is 3.10. The number of rotatable bonds is 7. The maximum atomic E-state index is 11.2. The molecular weight excluding hydrogens is 230 g/mol. The van der Waals surface area contributed by atoms with Crippen LogP contribution in [0.25, 0.3) is 0 Å². The number of nitrogens with zero attached hydrogens (tertiary/aromatic N) is 1. The molecule has 1 fully saturated rings. The highest BCUT2D eigenvalue weighted by molar-refractivity contribution is 5.69. The summed E-state index contributed by atoms with van der Waals surface area (Å²) in [4.78, 5) is 13.5. The maximum Gasteiger partial charge on any atom is 0.306 e. The van der Waals surface area contributed by atoms with E-state index >= 15 is 0 Å². The Hall–Kier alpha value is -0.870. The number of hydrogen-bond donors (Lipinski definition) is 0. The Bertz CT molecular complexity index is 279. The predicted octanol–water partition coefficient (Wildman–Crippen LogP) is 2.00. The van der Waals surface area contributed by atoms with Crippen LogP contribution in [0.1, 0.15) is 33.1 Å². The van der Waals surface area contributed by atoms with Crippen LogP contribution in [0.15, 0.2) is 11.6 Å². The summed E-state index contributed by atoms with van der Waals surface area (Å²) in [5.41, 5.74) is 1.30. The smallest absolute Gasteiger partial charge is 0.306 e. The van der Waals surface area contributed by atoms with Crippen molar-refractivity contribution in [3.05, 3.63) is 11.6 Å². The first-order valence-corrected chi connectivity index (χ1v) is 6.66. The second-order valence-corrected chi connectivity index (χ2v) is 5.00. The fourth-order valence-corrected chi connectivity index (χ4v) is 2.00. The van der Waals surface area contributed by atoms with Gasteiger partial charge in [0, 0.05) is 26.2 Å². The number of carbonyl (C=O) groups excluding carboxylic acids is 1. The fraction of sp³-hybridized carbons (Fsp3) is 0.786. The minimum Gasteiger partial charge on any atom is -0.469 e. The Kier molecular flexibility index (Phi) is 6.98. The predicted molar refractivity (Wildman–Crippen MR) is 71.5 cm³/mol. The van der Waals surface area contributed by atoms with Gasteiger partial charge in [0.15, 0.2) is 0 Å². The largest absolute Gasteiger partial charge is 0.469 e. The highest BCUT2D eigenvalue weighted by Gasteiger charge is 2.19. The van der Waals surface area contributed by atoms with Gasteiger partial charge in [0.25, 0.3) is 0 Å². The van der Waals surface area contributed by atoms with E-state index in [1.54, 1.807) is 0 Å². The van der Waals surface area contributed by atoms with Crippen molar-refractivity contribution in [1.29, 1.82) is 0 Å². The summed E-state index contributed by atoms with van der Waals surface area (Å²) in [6, 6.07) is 0. The van der Waals surface area contributed by atoms with Gasteiger partial charge < -0.3 is 9.47 Å². The van der Waals surface area contributed by atoms with E-state index in [1.165, 1.54) is 12.7 Å². The minimum absolute atomic E-state index is 0.149. The first-order chi connectivity index (χ1) is 8.61. The fourth-order valence-electron chi connectivity index (χ4n) is 2.00. The van der Waals surface area contributed by atoms with E-state index in [2.05, 4.69) is 29.6 Å². The molecule has 0 aliphatic carbocycles. The molecule has 18 heavy (non-hydrogen) atoms. The summed E-state index contributed by atoms with van der Waals surface area (Å²) >= 11 is 0. The molecule has 0 spiro atoms. The standard InChI is InChI=1S/C14H25NO3/c1-12(2)6-8-15(9-7-14(16)17-3)11-13-5-4-10-18-13/h6,13H,4-5,7-11H2,1-3H3. The van der Waals surface area contributed by atoms with Crippen LogP contribution in [0.4, 0.5) is 0 Å². The molecule has 1 rings (SSSR count). The summed E-state index contributed by atoms with van der Waals surface area (Å²) in [5.74, 6) is -0.149. The van der Waals surface area contributed by atoms with E-state index in [-0.39, 0.29) is 5.97 Å². The molecule has 0 amide bonds. The quantitative estimate of drug-likeness (QED) is 0.515. The van der Waals surface area contributed by atoms with Crippen molar-refractivity contribution in [3.8, 4) is 0 Å². The van der Waals surface area contributed by atoms with Crippen molar-refractivity contribution in [2.75, 3.05) is 33.4 Å². The van der Waals surface area contributed by atoms with E-state index in [9.17, 15) is 4.79 Å². The molecule has 0 aromatic heterocycles. The van der Waals surface area contributed by atoms with Gasteiger partial charge in [-0.15, -0.1) is 0 Å². The molecule has 0 saturated carbocycles. The van der Waals surface area contributed by atoms with Crippen LogP contribution < -0.4 is 0 Å². The zero-order valence-corrected chi connectivity index (χ0v) is 11.8. The number of methoxy groups -OCH3 is 1. The Morgan fingerprint density at radius 3 is 2.83 bits per heavy atom. The van der Waals surface area contributed by atoms with E-state index in [0.29, 0.717) is 12.5 Å². The van der Waals surface area contributed by atoms with E-state index in [1.807, 2.05) is 0 Å². The van der Waals surface area contributed by atoms with Crippen molar-refractivity contribution in [2.45, 2.75) is 39.2 Å². The van der Waals surface area contributed by atoms with Gasteiger partial charge in [-0.25, -0.2) is 0 Å². The summed E-state index contributed by atoms with van der Waals surface area (Å²) in [6.07, 6.45) is 5.24. The van der Waals surface area contributed by atoms with Gasteiger partial charge in [-0.1, -0.05) is 11.6 Å². The van der Waals surface area contributed by atoms with E-state index in [0.717, 1.165) is 39.1 Å². The van der Waals surface area contributed by atoms with Gasteiger partial charge in [-0.3, -0.25) is 9.69 Å². The van der Waals surface area contributed by atoms with E-state index in [4.69, 9.17) is 4.74 Å². The van der Waals surface area contributed by atoms with Crippen LogP contribution in [-0.2, 0) is 14.3 Å². The molecule has 1 aliphatic rings. The van der Waals surface area contributed by atoms with Gasteiger partial charge in [0.2, 0.25) is 0 Å². The monoisotopic (exact) mass is 255 g/mol. The molecule has 1 saturated heterocycles. The molecule has 0 aromatic carbocycles. The molecule has 4 nitrogen and oxygen atoms in total. The van der Waals surface area contributed by atoms with Gasteiger partial charge in [-0.2, -0.15) is 0 Å². The van der Waals surface area contributed by atoms with Crippen LogP contribution in [-0.4, -0.2) is 50.3 Å². The van der Waals surface area contributed by atoms with Crippen LogP contribution >= 0.6 is 0 Å². The van der Waals surface area contributed by atoms with Crippen LogP contribution in [0.5, 0.6) is 0 Å². The Morgan fingerprint density at radius 2 is 2.28 bits per heavy atom. The Balaban J connectivity index is 2.39. The van der Waals surface area contributed by atoms with Crippen molar-refractivity contribution in [3.63, 3.8) is 0 Å². The molecule has 1 atom stereocenters. The average Bonchev–Trinajstić information content (AvgIpc) is 2.84. The summed E-state index contributed by atoms with van der Waals surface area (Å²) in [5, 5.41) is 0. The van der Waals surface area contributed by atoms with E-state index < -0.39 is 0 Å². The minimum atomic E-state index is -0.149. The lowest BCUT2D eigenvalue weighted by molar-refractivity contribution is -0.141. The first-order valence-electron chi connectivity index (χ1n) is 6.66. The molecule has 0 bridgehead atoms. The maximum absolute atomic E-state index is 11.2. The number of ether oxygens (including phenoxy) is 2. The number of esters is 1. The normalized spacial score (nSPS) is 19.0. The number of allylic oxidation sites excluding steroid dienone is 1. The zero-order chi connectivity index (χ0) is 13.4. The van der Waals surface area contributed by atoms with Crippen molar-refractivity contribution in [2.24, 2.45) is 0 Å². The summed E-state index contributed by atoms with van der Waals surface area (Å²) in [7, 11) is 1.43. The first kappa shape index (κ1) is 15.2. The van der Waals surface area contributed by atoms with Gasteiger partial charge >= 0.3 is 5.97 Å². The third-order valence-electron chi connectivity index (χ3n) is 3.10. The lowest BCUT2D eigenvalue weighted by Gasteiger charge is -2.23. The lowest BCUT2D eigenvalue weighted by Crippen LogP contribution is -2.34. The van der Waals surface area contributed by atoms with Crippen LogP contribution in [0.2, 0.25) is 0 Å². The molecule has 1 aliphatic heterocycles. The summed E-state index contributed by atoms with van der Waals surface area (Å²) in [6.45, 7) is 7.56. The average molecular weight is 255 g/mol. The Morgan fingerprint density at radius 1 is 1.50 bits per heavy atom. The lowest BCUT2D eigenvalue weighted by atomic mass is 10.2. The van der Waals surface area contributed by atoms with Gasteiger partial charge in [0.05, 0.1) is 19.6 Å². The SMILES string of the molecule is COC(=O)CCN(CC=C(C)C)CC1CCCO1.